The number of aromatic carboxylic acids is 1. The van der Waals surface area contributed by atoms with E-state index in [2.05, 4.69) is 34.6 Å². The Morgan fingerprint density at radius 3 is 2.15 bits per heavy atom. The fourth-order valence-electron chi connectivity index (χ4n) is 5.13. The number of aryl methyl sites for hydroxylation is 1. The lowest BCUT2D eigenvalue weighted by atomic mass is 9.77. The fourth-order valence-corrected chi connectivity index (χ4v) is 5.13. The van der Waals surface area contributed by atoms with Crippen LogP contribution in [0.4, 0.5) is 4.79 Å². The zero-order chi connectivity index (χ0) is 28.7. The lowest BCUT2D eigenvalue weighted by molar-refractivity contribution is 0.00578. The fraction of sp³-hybridized carbons (Fsp3) is 0.323. The number of nitrogens with zero attached hydrogens (tertiary/aromatic N) is 1. The first kappa shape index (κ1) is 27.6. The van der Waals surface area contributed by atoms with Crippen LogP contribution in [-0.2, 0) is 14.0 Å². The van der Waals surface area contributed by atoms with Crippen LogP contribution in [0.1, 0.15) is 66.4 Å². The topological polar surface area (TPSA) is 107 Å². The van der Waals surface area contributed by atoms with E-state index >= 15 is 0 Å². The Morgan fingerprint density at radius 1 is 1.02 bits per heavy atom. The predicted molar refractivity (Wildman–Crippen MR) is 153 cm³/mol. The summed E-state index contributed by atoms with van der Waals surface area (Å²) >= 11 is 0. The first-order valence-corrected chi connectivity index (χ1v) is 13.3. The van der Waals surface area contributed by atoms with E-state index in [1.165, 1.54) is 6.20 Å². The summed E-state index contributed by atoms with van der Waals surface area (Å²) in [5, 5.41) is 12.2. The molecule has 1 aromatic heterocycles. The molecule has 0 spiro atoms. The molecule has 40 heavy (non-hydrogen) atoms. The number of rotatable bonds is 7. The number of aromatic nitrogens is 1. The number of amides is 1. The molecule has 2 N–H and O–H groups in total. The monoisotopic (exact) mass is 540 g/mol. The number of nitrogens with one attached hydrogen (secondary N) is 1. The Balaban J connectivity index is 1.32. The van der Waals surface area contributed by atoms with Gasteiger partial charge < -0.3 is 24.5 Å². The molecule has 1 saturated heterocycles. The largest absolute Gasteiger partial charge is 0.492 e. The number of fused-ring (bicyclic) bond motifs is 3. The average Bonchev–Trinajstić information content (AvgIpc) is 3.34. The van der Waals surface area contributed by atoms with E-state index in [1.807, 2.05) is 52.0 Å². The second-order valence-corrected chi connectivity index (χ2v) is 11.2. The molecule has 5 rings (SSSR count). The van der Waals surface area contributed by atoms with Crippen molar-refractivity contribution >= 4 is 25.3 Å². The summed E-state index contributed by atoms with van der Waals surface area (Å²) in [7, 11) is -0.724. The second-order valence-electron chi connectivity index (χ2n) is 11.2. The molecular formula is C31H33BN2O6. The molecule has 3 aromatic rings. The summed E-state index contributed by atoms with van der Waals surface area (Å²) < 4.78 is 18.2. The Kier molecular flexibility index (Phi) is 7.29. The van der Waals surface area contributed by atoms with Gasteiger partial charge in [0.15, 0.2) is 5.69 Å². The molecule has 2 aliphatic rings. The molecule has 9 heteroatoms. The minimum atomic E-state index is -1.09. The molecule has 206 valence electrons. The predicted octanol–water partition coefficient (Wildman–Crippen LogP) is 5.64. The molecule has 2 aromatic carbocycles. The smallest absolute Gasteiger partial charge is 0.477 e. The third-order valence-electron chi connectivity index (χ3n) is 7.99. The Morgan fingerprint density at radius 2 is 1.60 bits per heavy atom. The third kappa shape index (κ3) is 5.27. The molecule has 1 aliphatic heterocycles. The highest BCUT2D eigenvalue weighted by molar-refractivity contribution is 6.56. The van der Waals surface area contributed by atoms with Crippen LogP contribution < -0.4 is 5.32 Å². The maximum Gasteiger partial charge on any atom is 0.492 e. The van der Waals surface area contributed by atoms with Crippen molar-refractivity contribution in [3.05, 3.63) is 94.2 Å². The normalized spacial score (nSPS) is 17.3. The van der Waals surface area contributed by atoms with E-state index in [0.717, 1.165) is 22.3 Å². The molecular weight excluding hydrogens is 507 g/mol. The number of carbonyl (C=O) groups is 2. The number of pyridine rings is 1. The molecule has 0 unspecified atom stereocenters. The van der Waals surface area contributed by atoms with Crippen LogP contribution in [0.2, 0.25) is 0 Å². The zero-order valence-corrected chi connectivity index (χ0v) is 23.4. The van der Waals surface area contributed by atoms with Crippen LogP contribution in [0.15, 0.2) is 66.3 Å². The molecule has 0 atom stereocenters. The van der Waals surface area contributed by atoms with Gasteiger partial charge in [0.25, 0.3) is 0 Å². The van der Waals surface area contributed by atoms with Crippen molar-refractivity contribution in [3.63, 3.8) is 0 Å². The van der Waals surface area contributed by atoms with Crippen molar-refractivity contribution in [2.45, 2.75) is 51.7 Å². The van der Waals surface area contributed by atoms with Crippen LogP contribution in [0.5, 0.6) is 0 Å². The van der Waals surface area contributed by atoms with Crippen LogP contribution in [0.25, 0.3) is 17.2 Å². The van der Waals surface area contributed by atoms with Crippen molar-refractivity contribution in [1.29, 1.82) is 0 Å². The maximum absolute atomic E-state index is 12.9. The molecule has 8 nitrogen and oxygen atoms in total. The van der Waals surface area contributed by atoms with Crippen molar-refractivity contribution in [1.82, 2.24) is 10.3 Å². The lowest BCUT2D eigenvalue weighted by Gasteiger charge is -2.32. The number of ether oxygens (including phenoxy) is 1. The van der Waals surface area contributed by atoms with Gasteiger partial charge in [0.2, 0.25) is 0 Å². The van der Waals surface area contributed by atoms with E-state index in [1.54, 1.807) is 19.1 Å². The van der Waals surface area contributed by atoms with Gasteiger partial charge in [0, 0.05) is 18.7 Å². The van der Waals surface area contributed by atoms with E-state index in [9.17, 15) is 14.7 Å². The Bertz CT molecular complexity index is 1440. The summed E-state index contributed by atoms with van der Waals surface area (Å²) in [5.41, 5.74) is 5.28. The van der Waals surface area contributed by atoms with E-state index in [-0.39, 0.29) is 24.8 Å². The summed E-state index contributed by atoms with van der Waals surface area (Å²) in [6.07, 6.45) is 2.73. The van der Waals surface area contributed by atoms with Gasteiger partial charge in [-0.05, 0) is 79.5 Å². The molecule has 1 amide bonds. The molecule has 0 saturated carbocycles. The molecule has 0 bridgehead atoms. The van der Waals surface area contributed by atoms with Gasteiger partial charge in [0.1, 0.15) is 6.61 Å². The van der Waals surface area contributed by atoms with E-state index < -0.39 is 30.4 Å². The molecule has 1 aliphatic carbocycles. The second kappa shape index (κ2) is 10.6. The maximum atomic E-state index is 12.9. The zero-order valence-electron chi connectivity index (χ0n) is 23.4. The summed E-state index contributed by atoms with van der Waals surface area (Å²) in [6.45, 7) is 9.82. The van der Waals surface area contributed by atoms with Gasteiger partial charge in [-0.1, -0.05) is 54.6 Å². The van der Waals surface area contributed by atoms with Crippen LogP contribution in [0.3, 0.4) is 0 Å². The number of carboxylic acid groups (broad SMARTS) is 1. The summed E-state index contributed by atoms with van der Waals surface area (Å²) in [6, 6.07) is 18.1. The van der Waals surface area contributed by atoms with Gasteiger partial charge in [-0.2, -0.15) is 0 Å². The average molecular weight is 540 g/mol. The SMILES string of the molecule is Cc1cc(C=C(CNC(=O)OCC2c3ccccc3-c3ccccc32)B2OC(C)(C)C(C)(C)O2)cnc1C(=O)O. The lowest BCUT2D eigenvalue weighted by Crippen LogP contribution is -2.41. The van der Waals surface area contributed by atoms with Gasteiger partial charge >= 0.3 is 19.2 Å². The van der Waals surface area contributed by atoms with Crippen molar-refractivity contribution in [2.24, 2.45) is 0 Å². The standard InChI is InChI=1S/C31H33BN2O6/c1-19-14-20(16-33-27(19)28(35)36)15-21(32-39-30(2,3)31(4,5)40-32)17-34-29(37)38-18-26-24-12-8-6-10-22(24)23-11-7-9-13-25(23)26/h6-16,26H,17-18H2,1-5H3,(H,34,37)(H,35,36). The van der Waals surface area contributed by atoms with E-state index in [0.29, 0.717) is 16.6 Å². The molecule has 1 fully saturated rings. The van der Waals surface area contributed by atoms with E-state index in [4.69, 9.17) is 14.0 Å². The highest BCUT2D eigenvalue weighted by Crippen LogP contribution is 2.44. The summed E-state index contributed by atoms with van der Waals surface area (Å²) in [4.78, 5) is 28.4. The van der Waals surface area contributed by atoms with Crippen molar-refractivity contribution in [3.8, 4) is 11.1 Å². The number of hydrogen-bond acceptors (Lipinski definition) is 6. The molecule has 0 radical (unpaired) electrons. The number of alkyl carbamates (subject to hydrolysis) is 1. The first-order chi connectivity index (χ1) is 19.0. The van der Waals surface area contributed by atoms with Crippen molar-refractivity contribution in [2.75, 3.05) is 13.2 Å². The summed E-state index contributed by atoms with van der Waals surface area (Å²) in [5.74, 6) is -1.13. The Labute approximate surface area is 234 Å². The van der Waals surface area contributed by atoms with Crippen LogP contribution in [0, 0.1) is 6.92 Å². The number of benzene rings is 2. The third-order valence-corrected chi connectivity index (χ3v) is 7.99. The highest BCUT2D eigenvalue weighted by Gasteiger charge is 2.52. The Hall–Kier alpha value is -3.95. The highest BCUT2D eigenvalue weighted by atomic mass is 16.7. The first-order valence-electron chi connectivity index (χ1n) is 13.3. The molecule has 2 heterocycles. The van der Waals surface area contributed by atoms with Crippen molar-refractivity contribution < 1.29 is 28.7 Å². The van der Waals surface area contributed by atoms with Gasteiger partial charge in [0.05, 0.1) is 11.2 Å². The quantitative estimate of drug-likeness (QED) is 0.374. The number of carbonyl (C=O) groups excluding carboxylic acids is 1. The minimum absolute atomic E-state index is 0.00824. The van der Waals surface area contributed by atoms with Crippen LogP contribution in [-0.4, -0.2) is 53.6 Å². The minimum Gasteiger partial charge on any atom is -0.477 e. The van der Waals surface area contributed by atoms with Crippen LogP contribution >= 0.6 is 0 Å². The van der Waals surface area contributed by atoms with Gasteiger partial charge in [-0.25, -0.2) is 14.6 Å². The van der Waals surface area contributed by atoms with Gasteiger partial charge in [-0.15, -0.1) is 0 Å². The van der Waals surface area contributed by atoms with Gasteiger partial charge in [-0.3, -0.25) is 0 Å². The number of carboxylic acids is 1. The number of hydrogen-bond donors (Lipinski definition) is 2.